The van der Waals surface area contributed by atoms with Crippen molar-refractivity contribution in [3.05, 3.63) is 34.4 Å². The van der Waals surface area contributed by atoms with E-state index in [1.54, 1.807) is 0 Å². The molecule has 68 valence electrons. The average Bonchev–Trinajstić information content (AvgIpc) is 2.04. The summed E-state index contributed by atoms with van der Waals surface area (Å²) in [5, 5.41) is 8.87. The fraction of sp³-hybridized carbons (Fsp3) is 0.417. The first-order valence-corrected chi connectivity index (χ1v) is 4.58. The van der Waals surface area contributed by atoms with Gasteiger partial charge in [0.25, 0.3) is 0 Å². The average molecular weight is 173 g/mol. The van der Waals surface area contributed by atoms with Crippen LogP contribution in [0.5, 0.6) is 0 Å². The fourth-order valence-corrected chi connectivity index (χ4v) is 1.87. The molecule has 0 saturated carbocycles. The van der Waals surface area contributed by atoms with Gasteiger partial charge in [0.2, 0.25) is 0 Å². The van der Waals surface area contributed by atoms with Crippen LogP contribution in [-0.2, 0) is 0 Å². The largest absolute Gasteiger partial charge is 0.192 e. The van der Waals surface area contributed by atoms with Gasteiger partial charge in [0.1, 0.15) is 0 Å². The summed E-state index contributed by atoms with van der Waals surface area (Å²) < 4.78 is 0. The molecule has 0 spiro atoms. The number of nitrogens with zero attached hydrogens (tertiary/aromatic N) is 1. The van der Waals surface area contributed by atoms with Gasteiger partial charge in [-0.25, -0.2) is 0 Å². The normalized spacial score (nSPS) is 10.2. The monoisotopic (exact) mass is 173 g/mol. The van der Waals surface area contributed by atoms with E-state index in [1.165, 1.54) is 11.1 Å². The van der Waals surface area contributed by atoms with Crippen LogP contribution in [-0.4, -0.2) is 0 Å². The highest BCUT2D eigenvalue weighted by Gasteiger charge is 2.09. The summed E-state index contributed by atoms with van der Waals surface area (Å²) in [7, 11) is 0. The van der Waals surface area contributed by atoms with Crippen LogP contribution in [0.25, 0.3) is 0 Å². The van der Waals surface area contributed by atoms with Crippen LogP contribution < -0.4 is 0 Å². The van der Waals surface area contributed by atoms with E-state index in [0.717, 1.165) is 11.1 Å². The molecule has 0 aromatic heterocycles. The minimum Gasteiger partial charge on any atom is -0.192 e. The molecule has 1 heteroatoms. The SMILES string of the molecule is Cc1ccc(C#N)c(C)c1C(C)C. The third-order valence-corrected chi connectivity index (χ3v) is 2.43. The van der Waals surface area contributed by atoms with E-state index in [1.807, 2.05) is 19.1 Å². The predicted octanol–water partition coefficient (Wildman–Crippen LogP) is 3.30. The zero-order valence-electron chi connectivity index (χ0n) is 8.68. The summed E-state index contributed by atoms with van der Waals surface area (Å²) in [6.45, 7) is 8.46. The molecule has 13 heavy (non-hydrogen) atoms. The molecule has 1 aromatic rings. The predicted molar refractivity (Wildman–Crippen MR) is 54.7 cm³/mol. The van der Waals surface area contributed by atoms with E-state index in [-0.39, 0.29) is 0 Å². The van der Waals surface area contributed by atoms with E-state index in [2.05, 4.69) is 26.8 Å². The molecule has 0 aliphatic carbocycles. The molecule has 0 unspecified atom stereocenters. The van der Waals surface area contributed by atoms with Crippen molar-refractivity contribution in [3.63, 3.8) is 0 Å². The maximum Gasteiger partial charge on any atom is 0.0994 e. The first-order valence-electron chi connectivity index (χ1n) is 4.58. The molecule has 0 aliphatic heterocycles. The van der Waals surface area contributed by atoms with Crippen molar-refractivity contribution in [1.29, 1.82) is 5.26 Å². The molecule has 0 radical (unpaired) electrons. The van der Waals surface area contributed by atoms with E-state index >= 15 is 0 Å². The van der Waals surface area contributed by atoms with E-state index in [9.17, 15) is 0 Å². The van der Waals surface area contributed by atoms with Crippen LogP contribution in [0.2, 0.25) is 0 Å². The van der Waals surface area contributed by atoms with Crippen molar-refractivity contribution in [3.8, 4) is 6.07 Å². The lowest BCUT2D eigenvalue weighted by molar-refractivity contribution is 0.845. The number of hydrogen-bond acceptors (Lipinski definition) is 1. The molecule has 0 atom stereocenters. The van der Waals surface area contributed by atoms with Gasteiger partial charge in [0.05, 0.1) is 11.6 Å². The number of aryl methyl sites for hydroxylation is 1. The Morgan fingerprint density at radius 3 is 2.31 bits per heavy atom. The zero-order chi connectivity index (χ0) is 10.0. The van der Waals surface area contributed by atoms with Crippen molar-refractivity contribution in [2.75, 3.05) is 0 Å². The molecular formula is C12H15N. The standard InChI is InChI=1S/C12H15N/c1-8(2)12-9(3)5-6-11(7-13)10(12)4/h5-6,8H,1-4H3. The highest BCUT2D eigenvalue weighted by molar-refractivity contribution is 5.46. The summed E-state index contributed by atoms with van der Waals surface area (Å²) in [4.78, 5) is 0. The van der Waals surface area contributed by atoms with E-state index < -0.39 is 0 Å². The Morgan fingerprint density at radius 1 is 1.23 bits per heavy atom. The Labute approximate surface area is 80.0 Å². The van der Waals surface area contributed by atoms with E-state index in [4.69, 9.17) is 5.26 Å². The topological polar surface area (TPSA) is 23.8 Å². The second kappa shape index (κ2) is 3.62. The second-order valence-corrected chi connectivity index (χ2v) is 3.74. The minimum absolute atomic E-state index is 0.494. The van der Waals surface area contributed by atoms with Gasteiger partial charge in [-0.2, -0.15) is 5.26 Å². The third kappa shape index (κ3) is 1.72. The van der Waals surface area contributed by atoms with Crippen LogP contribution in [0.15, 0.2) is 12.1 Å². The van der Waals surface area contributed by atoms with Gasteiger partial charge in [0, 0.05) is 0 Å². The lowest BCUT2D eigenvalue weighted by Gasteiger charge is -2.14. The summed E-state index contributed by atoms with van der Waals surface area (Å²) in [5.41, 5.74) is 4.54. The molecule has 1 aromatic carbocycles. The smallest absolute Gasteiger partial charge is 0.0994 e. The summed E-state index contributed by atoms with van der Waals surface area (Å²) in [6.07, 6.45) is 0. The van der Waals surface area contributed by atoms with Crippen LogP contribution >= 0.6 is 0 Å². The van der Waals surface area contributed by atoms with Crippen molar-refractivity contribution in [2.24, 2.45) is 0 Å². The molecule has 0 heterocycles. The Morgan fingerprint density at radius 2 is 1.85 bits per heavy atom. The van der Waals surface area contributed by atoms with Crippen LogP contribution in [0, 0.1) is 25.2 Å². The second-order valence-electron chi connectivity index (χ2n) is 3.74. The van der Waals surface area contributed by atoms with Gasteiger partial charge in [-0.15, -0.1) is 0 Å². The molecule has 0 aliphatic rings. The first kappa shape index (κ1) is 9.80. The summed E-state index contributed by atoms with van der Waals surface area (Å²) in [6, 6.07) is 6.15. The molecule has 0 N–H and O–H groups in total. The van der Waals surface area contributed by atoms with Gasteiger partial charge in [0.15, 0.2) is 0 Å². The third-order valence-electron chi connectivity index (χ3n) is 2.43. The Bertz CT molecular complexity index is 356. The molecule has 0 bridgehead atoms. The highest BCUT2D eigenvalue weighted by atomic mass is 14.2. The molecule has 1 rings (SSSR count). The lowest BCUT2D eigenvalue weighted by atomic mass is 9.90. The maximum atomic E-state index is 8.87. The van der Waals surface area contributed by atoms with Gasteiger partial charge in [-0.3, -0.25) is 0 Å². The van der Waals surface area contributed by atoms with Crippen molar-refractivity contribution in [2.45, 2.75) is 33.6 Å². The zero-order valence-corrected chi connectivity index (χ0v) is 8.68. The minimum atomic E-state index is 0.494. The van der Waals surface area contributed by atoms with Crippen LogP contribution in [0.1, 0.15) is 42.0 Å². The van der Waals surface area contributed by atoms with Crippen LogP contribution in [0.4, 0.5) is 0 Å². The number of hydrogen-bond donors (Lipinski definition) is 0. The molecule has 0 amide bonds. The van der Waals surface area contributed by atoms with Gasteiger partial charge in [-0.1, -0.05) is 19.9 Å². The summed E-state index contributed by atoms with van der Waals surface area (Å²) in [5.74, 6) is 0.494. The number of benzene rings is 1. The van der Waals surface area contributed by atoms with Gasteiger partial charge >= 0.3 is 0 Å². The molecule has 0 fully saturated rings. The molecule has 0 saturated heterocycles. The molecule has 1 nitrogen and oxygen atoms in total. The number of nitriles is 1. The Balaban J connectivity index is 3.41. The Hall–Kier alpha value is -1.29. The highest BCUT2D eigenvalue weighted by Crippen LogP contribution is 2.25. The van der Waals surface area contributed by atoms with Crippen LogP contribution in [0.3, 0.4) is 0 Å². The number of rotatable bonds is 1. The molecular weight excluding hydrogens is 158 g/mol. The fourth-order valence-electron chi connectivity index (χ4n) is 1.87. The lowest BCUT2D eigenvalue weighted by Crippen LogP contribution is -1.98. The van der Waals surface area contributed by atoms with Gasteiger partial charge < -0.3 is 0 Å². The first-order chi connectivity index (χ1) is 6.07. The quantitative estimate of drug-likeness (QED) is 0.639. The maximum absolute atomic E-state index is 8.87. The Kier molecular flexibility index (Phi) is 2.72. The summed E-state index contributed by atoms with van der Waals surface area (Å²) >= 11 is 0. The van der Waals surface area contributed by atoms with Gasteiger partial charge in [-0.05, 0) is 42.5 Å². The van der Waals surface area contributed by atoms with Crippen molar-refractivity contribution < 1.29 is 0 Å². The van der Waals surface area contributed by atoms with Crippen molar-refractivity contribution in [1.82, 2.24) is 0 Å². The van der Waals surface area contributed by atoms with Crippen molar-refractivity contribution >= 4 is 0 Å². The van der Waals surface area contributed by atoms with E-state index in [0.29, 0.717) is 5.92 Å².